The molecule has 112 valence electrons. The van der Waals surface area contributed by atoms with Crippen molar-refractivity contribution >= 4 is 23.2 Å². The first-order chi connectivity index (χ1) is 9.45. The lowest BCUT2D eigenvalue weighted by atomic mass is 10.1. The molecule has 1 unspecified atom stereocenters. The van der Waals surface area contributed by atoms with Gasteiger partial charge in [0.15, 0.2) is 0 Å². The Morgan fingerprint density at radius 2 is 2.05 bits per heavy atom. The Labute approximate surface area is 124 Å². The van der Waals surface area contributed by atoms with Crippen molar-refractivity contribution in [1.82, 2.24) is 4.90 Å². The first-order valence-electron chi connectivity index (χ1n) is 6.86. The van der Waals surface area contributed by atoms with E-state index in [-0.39, 0.29) is 17.8 Å². The molecule has 20 heavy (non-hydrogen) atoms. The summed E-state index contributed by atoms with van der Waals surface area (Å²) in [6.45, 7) is 7.09. The average molecular weight is 297 g/mol. The summed E-state index contributed by atoms with van der Waals surface area (Å²) in [6, 6.07) is 3.68. The zero-order chi connectivity index (χ0) is 15.1. The summed E-state index contributed by atoms with van der Waals surface area (Å²) in [5.41, 5.74) is 0. The lowest BCUT2D eigenvalue weighted by molar-refractivity contribution is -0.145. The van der Waals surface area contributed by atoms with Crippen molar-refractivity contribution in [1.29, 1.82) is 0 Å². The van der Waals surface area contributed by atoms with E-state index in [1.807, 2.05) is 17.5 Å². The molecule has 1 aromatic rings. The second-order valence-electron chi connectivity index (χ2n) is 5.34. The van der Waals surface area contributed by atoms with Gasteiger partial charge in [-0.1, -0.05) is 26.8 Å². The van der Waals surface area contributed by atoms with Crippen LogP contribution in [0.3, 0.4) is 0 Å². The topological polar surface area (TPSA) is 46.6 Å². The van der Waals surface area contributed by atoms with Gasteiger partial charge in [0.25, 0.3) is 5.91 Å². The smallest absolute Gasteiger partial charge is 0.310 e. The van der Waals surface area contributed by atoms with Crippen molar-refractivity contribution in [2.75, 3.05) is 20.2 Å². The van der Waals surface area contributed by atoms with E-state index < -0.39 is 0 Å². The van der Waals surface area contributed by atoms with Crippen molar-refractivity contribution in [2.24, 2.45) is 11.8 Å². The molecule has 0 aliphatic carbocycles. The molecular formula is C15H23NO3S. The van der Waals surface area contributed by atoms with E-state index >= 15 is 0 Å². The van der Waals surface area contributed by atoms with Gasteiger partial charge in [-0.3, -0.25) is 9.59 Å². The second-order valence-corrected chi connectivity index (χ2v) is 6.28. The molecule has 0 aliphatic heterocycles. The van der Waals surface area contributed by atoms with Crippen LogP contribution >= 0.6 is 11.3 Å². The third-order valence-electron chi connectivity index (χ3n) is 3.09. The largest absolute Gasteiger partial charge is 0.469 e. The predicted octanol–water partition coefficient (Wildman–Crippen LogP) is 3.05. The Hall–Kier alpha value is -1.36. The molecule has 0 saturated carbocycles. The Bertz CT molecular complexity index is 428. The predicted molar refractivity (Wildman–Crippen MR) is 80.9 cm³/mol. The third kappa shape index (κ3) is 4.96. The Kier molecular flexibility index (Phi) is 6.71. The van der Waals surface area contributed by atoms with E-state index in [2.05, 4.69) is 13.8 Å². The number of hydrogen-bond donors (Lipinski definition) is 0. The van der Waals surface area contributed by atoms with Crippen molar-refractivity contribution in [3.63, 3.8) is 0 Å². The van der Waals surface area contributed by atoms with Gasteiger partial charge >= 0.3 is 5.97 Å². The molecule has 1 rings (SSSR count). The first-order valence-corrected chi connectivity index (χ1v) is 7.74. The van der Waals surface area contributed by atoms with Gasteiger partial charge < -0.3 is 9.64 Å². The molecule has 4 nitrogen and oxygen atoms in total. The second kappa shape index (κ2) is 8.04. The van der Waals surface area contributed by atoms with Crippen molar-refractivity contribution in [3.8, 4) is 0 Å². The third-order valence-corrected chi connectivity index (χ3v) is 3.95. The van der Waals surface area contributed by atoms with Gasteiger partial charge in [0.1, 0.15) is 0 Å². The van der Waals surface area contributed by atoms with Crippen LogP contribution in [0.25, 0.3) is 0 Å². The molecule has 0 aliphatic rings. The zero-order valence-corrected chi connectivity index (χ0v) is 13.4. The molecule has 0 saturated heterocycles. The highest BCUT2D eigenvalue weighted by Gasteiger charge is 2.23. The summed E-state index contributed by atoms with van der Waals surface area (Å²) in [6.07, 6.45) is 0.922. The fourth-order valence-corrected chi connectivity index (χ4v) is 2.54. The van der Waals surface area contributed by atoms with Crippen molar-refractivity contribution < 1.29 is 14.3 Å². The van der Waals surface area contributed by atoms with Gasteiger partial charge in [0.2, 0.25) is 0 Å². The molecule has 0 radical (unpaired) electrons. The summed E-state index contributed by atoms with van der Waals surface area (Å²) in [4.78, 5) is 26.5. The Morgan fingerprint density at radius 1 is 1.35 bits per heavy atom. The fraction of sp³-hybridized carbons (Fsp3) is 0.600. The maximum absolute atomic E-state index is 12.4. The van der Waals surface area contributed by atoms with Gasteiger partial charge in [-0.25, -0.2) is 0 Å². The van der Waals surface area contributed by atoms with Crippen LogP contribution in [0.5, 0.6) is 0 Å². The molecule has 0 N–H and O–H groups in total. The lowest BCUT2D eigenvalue weighted by Gasteiger charge is -2.25. The van der Waals surface area contributed by atoms with Crippen LogP contribution in [0.1, 0.15) is 36.9 Å². The highest BCUT2D eigenvalue weighted by atomic mass is 32.1. The van der Waals surface area contributed by atoms with E-state index in [9.17, 15) is 9.59 Å². The van der Waals surface area contributed by atoms with Gasteiger partial charge in [-0.15, -0.1) is 11.3 Å². The molecule has 5 heteroatoms. The molecule has 0 spiro atoms. The van der Waals surface area contributed by atoms with Crippen LogP contribution < -0.4 is 0 Å². The van der Waals surface area contributed by atoms with Crippen LogP contribution in [0.15, 0.2) is 17.5 Å². The number of hydrogen-bond acceptors (Lipinski definition) is 4. The molecule has 0 bridgehead atoms. The Balaban J connectivity index is 2.74. The average Bonchev–Trinajstić information content (AvgIpc) is 2.95. The number of ether oxygens (including phenoxy) is 1. The van der Waals surface area contributed by atoms with Gasteiger partial charge in [-0.05, 0) is 23.8 Å². The van der Waals surface area contributed by atoms with Crippen molar-refractivity contribution in [2.45, 2.75) is 27.2 Å². The summed E-state index contributed by atoms with van der Waals surface area (Å²) in [5.74, 6) is -0.0759. The number of carbonyl (C=O) groups excluding carboxylic acids is 2. The summed E-state index contributed by atoms with van der Waals surface area (Å²) < 4.78 is 4.73. The van der Waals surface area contributed by atoms with Crippen LogP contribution in [0.2, 0.25) is 0 Å². The van der Waals surface area contributed by atoms with Gasteiger partial charge in [0.05, 0.1) is 17.9 Å². The normalized spacial score (nSPS) is 12.2. The highest BCUT2D eigenvalue weighted by Crippen LogP contribution is 2.15. The number of amides is 1. The molecule has 1 aromatic heterocycles. The summed E-state index contributed by atoms with van der Waals surface area (Å²) in [7, 11) is 1.37. The number of thiophene rings is 1. The van der Waals surface area contributed by atoms with E-state index in [1.165, 1.54) is 18.4 Å². The molecule has 1 atom stereocenters. The summed E-state index contributed by atoms with van der Waals surface area (Å²) in [5, 5.41) is 1.89. The monoisotopic (exact) mass is 297 g/mol. The molecule has 0 aromatic carbocycles. The van der Waals surface area contributed by atoms with E-state index in [0.29, 0.717) is 23.9 Å². The van der Waals surface area contributed by atoms with E-state index in [1.54, 1.807) is 11.8 Å². The molecule has 1 amide bonds. The number of methoxy groups -OCH3 is 1. The molecular weight excluding hydrogens is 274 g/mol. The first kappa shape index (κ1) is 16.7. The van der Waals surface area contributed by atoms with E-state index in [0.717, 1.165) is 6.42 Å². The van der Waals surface area contributed by atoms with Gasteiger partial charge in [-0.2, -0.15) is 0 Å². The van der Waals surface area contributed by atoms with Crippen molar-refractivity contribution in [3.05, 3.63) is 22.4 Å². The molecule has 1 heterocycles. The van der Waals surface area contributed by atoms with Crippen LogP contribution in [-0.2, 0) is 9.53 Å². The lowest BCUT2D eigenvalue weighted by Crippen LogP contribution is -2.38. The van der Waals surface area contributed by atoms with E-state index in [4.69, 9.17) is 4.74 Å². The maximum Gasteiger partial charge on any atom is 0.310 e. The number of carbonyl (C=O) groups is 2. The number of rotatable bonds is 7. The molecule has 0 fully saturated rings. The standard InChI is InChI=1S/C15H23NO3S/c1-11(2)7-8-16(10-12(3)15(18)19-4)14(17)13-6-5-9-20-13/h5-6,9,11-12H,7-8,10H2,1-4H3. The van der Waals surface area contributed by atoms with Gasteiger partial charge in [0, 0.05) is 13.1 Å². The summed E-state index contributed by atoms with van der Waals surface area (Å²) >= 11 is 1.43. The minimum Gasteiger partial charge on any atom is -0.469 e. The van der Waals surface area contributed by atoms with Crippen LogP contribution in [0.4, 0.5) is 0 Å². The number of nitrogens with zero attached hydrogens (tertiary/aromatic N) is 1. The number of esters is 1. The minimum absolute atomic E-state index is 0.00333. The SMILES string of the molecule is COC(=O)C(C)CN(CCC(C)C)C(=O)c1cccs1. The Morgan fingerprint density at radius 3 is 2.55 bits per heavy atom. The van der Waals surface area contributed by atoms with Crippen LogP contribution in [0, 0.1) is 11.8 Å². The maximum atomic E-state index is 12.4. The zero-order valence-electron chi connectivity index (χ0n) is 12.6. The highest BCUT2D eigenvalue weighted by molar-refractivity contribution is 7.12. The van der Waals surface area contributed by atoms with Crippen LogP contribution in [-0.4, -0.2) is 37.0 Å². The quantitative estimate of drug-likeness (QED) is 0.727. The fourth-order valence-electron chi connectivity index (χ4n) is 1.85. The minimum atomic E-state index is -0.309.